The highest BCUT2D eigenvalue weighted by molar-refractivity contribution is 6.14. The Bertz CT molecular complexity index is 621. The van der Waals surface area contributed by atoms with Crippen LogP contribution in [0.2, 0.25) is 0 Å². The zero-order valence-electron chi connectivity index (χ0n) is 10.4. The molecule has 2 aromatic rings. The van der Waals surface area contributed by atoms with Gasteiger partial charge in [-0.1, -0.05) is 60.2 Å². The van der Waals surface area contributed by atoms with Crippen molar-refractivity contribution in [2.45, 2.75) is 6.92 Å². The molecule has 0 aliphatic carbocycles. The molecule has 0 saturated heterocycles. The number of hydrogen-bond acceptors (Lipinski definition) is 1. The lowest BCUT2D eigenvalue weighted by atomic mass is 10.0. The summed E-state index contributed by atoms with van der Waals surface area (Å²) in [4.78, 5) is 4.62. The summed E-state index contributed by atoms with van der Waals surface area (Å²) in [5.41, 5.74) is 6.16. The van der Waals surface area contributed by atoms with Crippen molar-refractivity contribution in [1.29, 1.82) is 0 Å². The second-order valence-corrected chi connectivity index (χ2v) is 4.61. The molecule has 0 fully saturated rings. The number of allylic oxidation sites excluding steroid dienone is 1. The molecule has 3 rings (SSSR count). The highest BCUT2D eigenvalue weighted by atomic mass is 14.8. The Morgan fingerprint density at radius 1 is 0.889 bits per heavy atom. The summed E-state index contributed by atoms with van der Waals surface area (Å²) in [6, 6.07) is 18.9. The number of nitrogens with zero attached hydrogens (tertiary/aromatic N) is 1. The minimum atomic E-state index is 0.785. The van der Waals surface area contributed by atoms with Crippen molar-refractivity contribution >= 4 is 11.3 Å². The molecular formula is C17H15N. The van der Waals surface area contributed by atoms with Crippen LogP contribution in [-0.2, 0) is 0 Å². The minimum Gasteiger partial charge on any atom is -0.280 e. The molecule has 0 atom stereocenters. The quantitative estimate of drug-likeness (QED) is 0.746. The third-order valence-corrected chi connectivity index (χ3v) is 3.19. The van der Waals surface area contributed by atoms with E-state index in [0.29, 0.717) is 0 Å². The van der Waals surface area contributed by atoms with E-state index in [0.717, 1.165) is 12.3 Å². The smallest absolute Gasteiger partial charge is 0.0654 e. The van der Waals surface area contributed by atoms with Gasteiger partial charge in [0.25, 0.3) is 0 Å². The first-order chi connectivity index (χ1) is 8.83. The number of rotatable bonds is 2. The molecular weight excluding hydrogens is 218 g/mol. The number of hydrogen-bond donors (Lipinski definition) is 0. The summed E-state index contributed by atoms with van der Waals surface area (Å²) in [5, 5.41) is 0. The number of aryl methyl sites for hydroxylation is 1. The molecule has 0 amide bonds. The van der Waals surface area contributed by atoms with Crippen molar-refractivity contribution < 1.29 is 0 Å². The molecule has 1 aliphatic rings. The molecule has 1 heterocycles. The molecule has 0 aromatic heterocycles. The van der Waals surface area contributed by atoms with E-state index < -0.39 is 0 Å². The molecule has 1 aliphatic heterocycles. The summed E-state index contributed by atoms with van der Waals surface area (Å²) in [6.45, 7) is 2.91. The van der Waals surface area contributed by atoms with Gasteiger partial charge in [0.2, 0.25) is 0 Å². The molecule has 0 bridgehead atoms. The third-order valence-electron chi connectivity index (χ3n) is 3.19. The molecule has 0 unspecified atom stereocenters. The van der Waals surface area contributed by atoms with Crippen LogP contribution in [-0.4, -0.2) is 12.3 Å². The Morgan fingerprint density at radius 3 is 2.44 bits per heavy atom. The predicted molar refractivity (Wildman–Crippen MR) is 77.0 cm³/mol. The lowest BCUT2D eigenvalue weighted by Gasteiger charge is -2.01. The fourth-order valence-electron chi connectivity index (χ4n) is 2.23. The van der Waals surface area contributed by atoms with Crippen LogP contribution in [0.25, 0.3) is 5.57 Å². The molecule has 88 valence electrons. The fourth-order valence-corrected chi connectivity index (χ4v) is 2.23. The second kappa shape index (κ2) is 4.61. The zero-order chi connectivity index (χ0) is 12.4. The van der Waals surface area contributed by atoms with Gasteiger partial charge in [0.15, 0.2) is 0 Å². The average molecular weight is 233 g/mol. The van der Waals surface area contributed by atoms with E-state index >= 15 is 0 Å². The maximum Gasteiger partial charge on any atom is 0.0654 e. The summed E-state index contributed by atoms with van der Waals surface area (Å²) < 4.78 is 0. The molecule has 1 nitrogen and oxygen atoms in total. The van der Waals surface area contributed by atoms with Gasteiger partial charge in [0.05, 0.1) is 12.3 Å². The summed E-state index contributed by atoms with van der Waals surface area (Å²) in [7, 11) is 0. The van der Waals surface area contributed by atoms with Crippen LogP contribution in [0.15, 0.2) is 65.7 Å². The fraction of sp³-hybridized carbons (Fsp3) is 0.118. The van der Waals surface area contributed by atoms with Crippen molar-refractivity contribution in [3.05, 3.63) is 77.4 Å². The van der Waals surface area contributed by atoms with E-state index in [1.165, 1.54) is 22.3 Å². The van der Waals surface area contributed by atoms with Gasteiger partial charge in [-0.2, -0.15) is 0 Å². The topological polar surface area (TPSA) is 12.4 Å². The van der Waals surface area contributed by atoms with Crippen LogP contribution in [0.1, 0.15) is 16.7 Å². The van der Waals surface area contributed by atoms with Gasteiger partial charge < -0.3 is 0 Å². The second-order valence-electron chi connectivity index (χ2n) is 4.61. The van der Waals surface area contributed by atoms with Crippen LogP contribution in [0.4, 0.5) is 0 Å². The van der Waals surface area contributed by atoms with E-state index in [2.05, 4.69) is 66.5 Å². The van der Waals surface area contributed by atoms with E-state index in [1.807, 2.05) is 6.07 Å². The molecule has 1 heteroatoms. The highest BCUT2D eigenvalue weighted by Crippen LogP contribution is 2.22. The van der Waals surface area contributed by atoms with Gasteiger partial charge in [-0.15, -0.1) is 0 Å². The monoisotopic (exact) mass is 233 g/mol. The highest BCUT2D eigenvalue weighted by Gasteiger charge is 2.11. The first-order valence-corrected chi connectivity index (χ1v) is 6.20. The van der Waals surface area contributed by atoms with Crippen LogP contribution >= 0.6 is 0 Å². The summed E-state index contributed by atoms with van der Waals surface area (Å²) >= 11 is 0. The Labute approximate surface area is 108 Å². The lowest BCUT2D eigenvalue weighted by Crippen LogP contribution is -1.92. The zero-order valence-corrected chi connectivity index (χ0v) is 10.4. The lowest BCUT2D eigenvalue weighted by molar-refractivity contribution is 1.28. The Balaban J connectivity index is 1.91. The van der Waals surface area contributed by atoms with Crippen LogP contribution in [0.5, 0.6) is 0 Å². The molecule has 18 heavy (non-hydrogen) atoms. The molecule has 0 spiro atoms. The van der Waals surface area contributed by atoms with E-state index in [1.54, 1.807) is 0 Å². The summed E-state index contributed by atoms with van der Waals surface area (Å²) in [6.07, 6.45) is 2.20. The van der Waals surface area contributed by atoms with Gasteiger partial charge in [-0.05, 0) is 29.7 Å². The maximum atomic E-state index is 4.62. The van der Waals surface area contributed by atoms with Crippen LogP contribution in [0, 0.1) is 6.92 Å². The molecule has 0 N–H and O–H groups in total. The molecule has 2 aromatic carbocycles. The molecule has 0 radical (unpaired) electrons. The minimum absolute atomic E-state index is 0.785. The largest absolute Gasteiger partial charge is 0.280 e. The normalized spacial score (nSPS) is 14.3. The maximum absolute atomic E-state index is 4.62. The number of aliphatic imine (C=N–C) groups is 1. The van der Waals surface area contributed by atoms with Crippen molar-refractivity contribution in [1.82, 2.24) is 0 Å². The van der Waals surface area contributed by atoms with Gasteiger partial charge in [-0.25, -0.2) is 0 Å². The van der Waals surface area contributed by atoms with Crippen LogP contribution in [0.3, 0.4) is 0 Å². The summed E-state index contributed by atoms with van der Waals surface area (Å²) in [5.74, 6) is 0. The first-order valence-electron chi connectivity index (χ1n) is 6.20. The predicted octanol–water partition coefficient (Wildman–Crippen LogP) is 3.88. The Kier molecular flexibility index (Phi) is 2.81. The van der Waals surface area contributed by atoms with E-state index in [9.17, 15) is 0 Å². The average Bonchev–Trinajstić information content (AvgIpc) is 2.89. The van der Waals surface area contributed by atoms with Gasteiger partial charge >= 0.3 is 0 Å². The third kappa shape index (κ3) is 2.12. The number of benzene rings is 2. The Hall–Kier alpha value is -2.15. The van der Waals surface area contributed by atoms with Gasteiger partial charge in [0.1, 0.15) is 0 Å². The van der Waals surface area contributed by atoms with Crippen LogP contribution < -0.4 is 0 Å². The van der Waals surface area contributed by atoms with E-state index in [-0.39, 0.29) is 0 Å². The van der Waals surface area contributed by atoms with Gasteiger partial charge in [-0.3, -0.25) is 4.99 Å². The van der Waals surface area contributed by atoms with Crippen molar-refractivity contribution in [3.63, 3.8) is 0 Å². The SMILES string of the molecule is Cc1cccc(C2=CC(c3ccccc3)=NC2)c1. The van der Waals surface area contributed by atoms with Crippen molar-refractivity contribution in [3.8, 4) is 0 Å². The van der Waals surface area contributed by atoms with Crippen molar-refractivity contribution in [2.75, 3.05) is 6.54 Å². The van der Waals surface area contributed by atoms with Crippen molar-refractivity contribution in [2.24, 2.45) is 4.99 Å². The Morgan fingerprint density at radius 2 is 1.67 bits per heavy atom. The first kappa shape index (κ1) is 11.0. The van der Waals surface area contributed by atoms with E-state index in [4.69, 9.17) is 0 Å². The standard InChI is InChI=1S/C17H15N/c1-13-6-5-9-15(10-13)16-11-17(18-12-16)14-7-3-2-4-8-14/h2-11H,12H2,1H3. The van der Waals surface area contributed by atoms with Gasteiger partial charge in [0, 0.05) is 0 Å². The molecule has 0 saturated carbocycles.